The second-order valence-electron chi connectivity index (χ2n) is 5.37. The summed E-state index contributed by atoms with van der Waals surface area (Å²) in [5.41, 5.74) is 2.61. The summed E-state index contributed by atoms with van der Waals surface area (Å²) in [5, 5.41) is 13.3. The molecule has 23 heavy (non-hydrogen) atoms. The van der Waals surface area contributed by atoms with E-state index in [4.69, 9.17) is 0 Å². The van der Waals surface area contributed by atoms with Crippen molar-refractivity contribution < 1.29 is 0 Å². The largest absolute Gasteiger partial charge is 0.363 e. The van der Waals surface area contributed by atoms with E-state index in [2.05, 4.69) is 81.1 Å². The van der Waals surface area contributed by atoms with E-state index in [0.717, 1.165) is 29.8 Å². The number of benzene rings is 2. The van der Waals surface area contributed by atoms with E-state index in [1.54, 1.807) is 11.3 Å². The van der Waals surface area contributed by atoms with Crippen LogP contribution in [0.1, 0.15) is 16.1 Å². The highest BCUT2D eigenvalue weighted by molar-refractivity contribution is 7.15. The third kappa shape index (κ3) is 4.61. The molecule has 3 rings (SSSR count). The van der Waals surface area contributed by atoms with Crippen molar-refractivity contribution >= 4 is 16.5 Å². The lowest BCUT2D eigenvalue weighted by atomic mass is 10.1. The molecule has 0 saturated heterocycles. The summed E-state index contributed by atoms with van der Waals surface area (Å²) in [5.74, 6) is 0. The van der Waals surface area contributed by atoms with Crippen LogP contribution in [-0.4, -0.2) is 22.1 Å². The number of hydrogen-bond acceptors (Lipinski definition) is 5. The fraction of sp³-hybridized carbons (Fsp3) is 0.222. The maximum atomic E-state index is 4.27. The molecule has 1 aromatic heterocycles. The Morgan fingerprint density at radius 1 is 0.826 bits per heavy atom. The Kier molecular flexibility index (Phi) is 5.34. The Balaban J connectivity index is 1.74. The summed E-state index contributed by atoms with van der Waals surface area (Å²) in [6.45, 7) is 2.58. The lowest BCUT2D eigenvalue weighted by Gasteiger charge is -2.21. The van der Waals surface area contributed by atoms with Crippen LogP contribution in [0.4, 0.5) is 5.13 Å². The van der Waals surface area contributed by atoms with Crippen LogP contribution in [0.25, 0.3) is 0 Å². The van der Waals surface area contributed by atoms with Crippen molar-refractivity contribution in [3.63, 3.8) is 0 Å². The Bertz CT molecular complexity index is 671. The molecule has 0 bridgehead atoms. The maximum absolute atomic E-state index is 4.27. The third-order valence-electron chi connectivity index (χ3n) is 3.54. The number of nitrogens with zero attached hydrogens (tertiary/aromatic N) is 3. The van der Waals surface area contributed by atoms with Crippen molar-refractivity contribution in [1.82, 2.24) is 15.1 Å². The van der Waals surface area contributed by atoms with E-state index in [9.17, 15) is 0 Å². The van der Waals surface area contributed by atoms with Crippen LogP contribution in [-0.2, 0) is 19.6 Å². The minimum absolute atomic E-state index is 0.795. The smallest absolute Gasteiger partial charge is 0.205 e. The number of nitrogens with one attached hydrogen (secondary N) is 1. The SMILES string of the molecule is CNc1nnc(CN(Cc2ccccc2)Cc2ccccc2)s1. The van der Waals surface area contributed by atoms with Gasteiger partial charge in [0.2, 0.25) is 5.13 Å². The number of aromatic nitrogens is 2. The zero-order valence-electron chi connectivity index (χ0n) is 13.1. The topological polar surface area (TPSA) is 41.1 Å². The van der Waals surface area contributed by atoms with Crippen LogP contribution in [0.2, 0.25) is 0 Å². The predicted molar refractivity (Wildman–Crippen MR) is 95.3 cm³/mol. The van der Waals surface area contributed by atoms with Crippen LogP contribution in [0.5, 0.6) is 0 Å². The molecule has 2 aromatic carbocycles. The second-order valence-corrected chi connectivity index (χ2v) is 6.43. The van der Waals surface area contributed by atoms with Crippen LogP contribution < -0.4 is 5.32 Å². The zero-order valence-corrected chi connectivity index (χ0v) is 14.0. The quantitative estimate of drug-likeness (QED) is 0.718. The summed E-state index contributed by atoms with van der Waals surface area (Å²) < 4.78 is 0. The summed E-state index contributed by atoms with van der Waals surface area (Å²) >= 11 is 1.61. The Hall–Kier alpha value is -2.24. The van der Waals surface area contributed by atoms with Gasteiger partial charge in [-0.15, -0.1) is 10.2 Å². The molecule has 0 aliphatic heterocycles. The molecule has 0 fully saturated rings. The molecule has 4 nitrogen and oxygen atoms in total. The van der Waals surface area contributed by atoms with Crippen LogP contribution >= 0.6 is 11.3 Å². The number of rotatable bonds is 7. The monoisotopic (exact) mass is 324 g/mol. The molecule has 0 unspecified atom stereocenters. The van der Waals surface area contributed by atoms with Gasteiger partial charge in [-0.2, -0.15) is 0 Å². The van der Waals surface area contributed by atoms with Gasteiger partial charge in [0.1, 0.15) is 5.01 Å². The molecule has 0 saturated carbocycles. The average molecular weight is 324 g/mol. The first-order chi connectivity index (χ1) is 11.3. The lowest BCUT2D eigenvalue weighted by Crippen LogP contribution is -2.22. The fourth-order valence-electron chi connectivity index (χ4n) is 2.46. The third-order valence-corrected chi connectivity index (χ3v) is 4.46. The van der Waals surface area contributed by atoms with E-state index >= 15 is 0 Å². The van der Waals surface area contributed by atoms with E-state index < -0.39 is 0 Å². The molecular weight excluding hydrogens is 304 g/mol. The molecule has 0 aliphatic carbocycles. The highest BCUT2D eigenvalue weighted by atomic mass is 32.1. The summed E-state index contributed by atoms with van der Waals surface area (Å²) in [4.78, 5) is 2.39. The van der Waals surface area contributed by atoms with E-state index in [1.807, 2.05) is 7.05 Å². The molecule has 3 aromatic rings. The van der Waals surface area contributed by atoms with Crippen molar-refractivity contribution in [1.29, 1.82) is 0 Å². The summed E-state index contributed by atoms with van der Waals surface area (Å²) in [6.07, 6.45) is 0. The van der Waals surface area contributed by atoms with Crippen LogP contribution in [0, 0.1) is 0 Å². The molecular formula is C18H20N4S. The first kappa shape index (κ1) is 15.6. The van der Waals surface area contributed by atoms with Crippen LogP contribution in [0.15, 0.2) is 60.7 Å². The average Bonchev–Trinajstić information content (AvgIpc) is 3.04. The van der Waals surface area contributed by atoms with Gasteiger partial charge in [-0.1, -0.05) is 72.0 Å². The number of hydrogen-bond donors (Lipinski definition) is 1. The van der Waals surface area contributed by atoms with Gasteiger partial charge in [0.25, 0.3) is 0 Å². The normalized spacial score (nSPS) is 10.9. The van der Waals surface area contributed by atoms with E-state index in [1.165, 1.54) is 11.1 Å². The van der Waals surface area contributed by atoms with Gasteiger partial charge in [-0.3, -0.25) is 4.90 Å². The molecule has 0 atom stereocenters. The highest BCUT2D eigenvalue weighted by Gasteiger charge is 2.11. The maximum Gasteiger partial charge on any atom is 0.205 e. The molecule has 0 aliphatic rings. The van der Waals surface area contributed by atoms with Crippen molar-refractivity contribution in [2.45, 2.75) is 19.6 Å². The van der Waals surface area contributed by atoms with Crippen molar-refractivity contribution in [3.05, 3.63) is 76.8 Å². The van der Waals surface area contributed by atoms with Crippen molar-refractivity contribution in [2.75, 3.05) is 12.4 Å². The molecule has 5 heteroatoms. The summed E-state index contributed by atoms with van der Waals surface area (Å²) in [7, 11) is 1.87. The molecule has 1 heterocycles. The predicted octanol–water partition coefficient (Wildman–Crippen LogP) is 3.78. The molecule has 0 amide bonds. The summed E-state index contributed by atoms with van der Waals surface area (Å²) in [6, 6.07) is 21.1. The lowest BCUT2D eigenvalue weighted by molar-refractivity contribution is 0.247. The van der Waals surface area contributed by atoms with E-state index in [0.29, 0.717) is 0 Å². The van der Waals surface area contributed by atoms with Gasteiger partial charge in [-0.25, -0.2) is 0 Å². The van der Waals surface area contributed by atoms with Gasteiger partial charge in [0.05, 0.1) is 6.54 Å². The minimum Gasteiger partial charge on any atom is -0.363 e. The van der Waals surface area contributed by atoms with Gasteiger partial charge in [-0.05, 0) is 11.1 Å². The van der Waals surface area contributed by atoms with Crippen molar-refractivity contribution in [2.24, 2.45) is 0 Å². The Morgan fingerprint density at radius 2 is 1.39 bits per heavy atom. The molecule has 0 spiro atoms. The van der Waals surface area contributed by atoms with Gasteiger partial charge in [0.15, 0.2) is 0 Å². The molecule has 1 N–H and O–H groups in total. The minimum atomic E-state index is 0.795. The zero-order chi connectivity index (χ0) is 15.9. The molecule has 118 valence electrons. The Morgan fingerprint density at radius 3 is 1.87 bits per heavy atom. The fourth-order valence-corrected chi connectivity index (χ4v) is 3.20. The molecule has 0 radical (unpaired) electrons. The van der Waals surface area contributed by atoms with Gasteiger partial charge >= 0.3 is 0 Å². The van der Waals surface area contributed by atoms with Crippen LogP contribution in [0.3, 0.4) is 0 Å². The standard InChI is InChI=1S/C18H20N4S/c1-19-18-21-20-17(23-18)14-22(12-15-8-4-2-5-9-15)13-16-10-6-3-7-11-16/h2-11H,12-14H2,1H3,(H,19,21). The first-order valence-electron chi connectivity index (χ1n) is 7.64. The van der Waals surface area contributed by atoms with Crippen molar-refractivity contribution in [3.8, 4) is 0 Å². The Labute approximate surface area is 140 Å². The first-order valence-corrected chi connectivity index (χ1v) is 8.45. The van der Waals surface area contributed by atoms with Gasteiger partial charge < -0.3 is 5.32 Å². The van der Waals surface area contributed by atoms with E-state index in [-0.39, 0.29) is 0 Å². The van der Waals surface area contributed by atoms with Gasteiger partial charge in [0, 0.05) is 20.1 Å². The number of anilines is 1. The highest BCUT2D eigenvalue weighted by Crippen LogP contribution is 2.19. The second kappa shape index (κ2) is 7.85.